The number of methoxy groups -OCH3 is 1. The Labute approximate surface area is 105 Å². The van der Waals surface area contributed by atoms with Crippen LogP contribution in [0.3, 0.4) is 0 Å². The molecule has 0 spiro atoms. The molecule has 0 saturated heterocycles. The number of aromatic hydroxyl groups is 1. The summed E-state index contributed by atoms with van der Waals surface area (Å²) >= 11 is 0. The standard InChI is InChI=1S/C14H14O4/c1-3-18-14(16)11-7-5-9-4-6-10(17-2)8-12(9)13(11)15/h4-8,15H,3H2,1-2H3. The van der Waals surface area contributed by atoms with Crippen LogP contribution in [0.4, 0.5) is 0 Å². The van der Waals surface area contributed by atoms with Crippen molar-refractivity contribution in [2.24, 2.45) is 0 Å². The molecule has 2 aromatic rings. The Hall–Kier alpha value is -2.23. The number of phenols is 1. The van der Waals surface area contributed by atoms with Gasteiger partial charge < -0.3 is 14.6 Å². The molecule has 4 heteroatoms. The lowest BCUT2D eigenvalue weighted by Crippen LogP contribution is -2.04. The SMILES string of the molecule is CCOC(=O)c1ccc2ccc(OC)cc2c1O. The van der Waals surface area contributed by atoms with Crippen LogP contribution in [0.15, 0.2) is 30.3 Å². The Bertz CT molecular complexity index is 590. The molecule has 0 radical (unpaired) electrons. The summed E-state index contributed by atoms with van der Waals surface area (Å²) in [7, 11) is 1.55. The van der Waals surface area contributed by atoms with Crippen molar-refractivity contribution in [1.82, 2.24) is 0 Å². The van der Waals surface area contributed by atoms with E-state index in [-0.39, 0.29) is 17.9 Å². The lowest BCUT2D eigenvalue weighted by Gasteiger charge is -2.08. The second-order valence-corrected chi connectivity index (χ2v) is 3.77. The predicted octanol–water partition coefficient (Wildman–Crippen LogP) is 2.73. The van der Waals surface area contributed by atoms with Crippen molar-refractivity contribution in [3.05, 3.63) is 35.9 Å². The molecule has 0 aliphatic rings. The molecule has 0 aliphatic heterocycles. The third-order valence-corrected chi connectivity index (χ3v) is 2.70. The van der Waals surface area contributed by atoms with Gasteiger partial charge in [0, 0.05) is 5.39 Å². The summed E-state index contributed by atoms with van der Waals surface area (Å²) in [6, 6.07) is 8.63. The van der Waals surface area contributed by atoms with E-state index >= 15 is 0 Å². The van der Waals surface area contributed by atoms with E-state index in [1.165, 1.54) is 0 Å². The lowest BCUT2D eigenvalue weighted by molar-refractivity contribution is 0.0523. The number of fused-ring (bicyclic) bond motifs is 1. The van der Waals surface area contributed by atoms with Crippen LogP contribution in [-0.4, -0.2) is 24.8 Å². The van der Waals surface area contributed by atoms with Crippen molar-refractivity contribution in [2.75, 3.05) is 13.7 Å². The number of phenolic OH excluding ortho intramolecular Hbond substituents is 1. The summed E-state index contributed by atoms with van der Waals surface area (Å²) < 4.78 is 9.98. The Morgan fingerprint density at radius 2 is 2.00 bits per heavy atom. The minimum atomic E-state index is -0.528. The van der Waals surface area contributed by atoms with Gasteiger partial charge in [-0.15, -0.1) is 0 Å². The molecule has 0 fully saturated rings. The van der Waals surface area contributed by atoms with Crippen LogP contribution in [0.2, 0.25) is 0 Å². The molecule has 0 unspecified atom stereocenters. The fourth-order valence-electron chi connectivity index (χ4n) is 1.78. The first-order valence-corrected chi connectivity index (χ1v) is 5.64. The van der Waals surface area contributed by atoms with Gasteiger partial charge in [-0.05, 0) is 30.5 Å². The van der Waals surface area contributed by atoms with Crippen molar-refractivity contribution < 1.29 is 19.4 Å². The van der Waals surface area contributed by atoms with Crippen molar-refractivity contribution in [2.45, 2.75) is 6.92 Å². The summed E-state index contributed by atoms with van der Waals surface area (Å²) in [6.07, 6.45) is 0. The molecule has 0 saturated carbocycles. The molecule has 0 amide bonds. The zero-order valence-electron chi connectivity index (χ0n) is 10.3. The van der Waals surface area contributed by atoms with Gasteiger partial charge in [0.1, 0.15) is 17.1 Å². The van der Waals surface area contributed by atoms with E-state index in [1.807, 2.05) is 6.07 Å². The number of hydrogen-bond acceptors (Lipinski definition) is 4. The molecule has 2 rings (SSSR count). The summed E-state index contributed by atoms with van der Waals surface area (Å²) in [5, 5.41) is 11.5. The lowest BCUT2D eigenvalue weighted by atomic mass is 10.0. The van der Waals surface area contributed by atoms with Gasteiger partial charge in [-0.25, -0.2) is 4.79 Å². The summed E-state index contributed by atoms with van der Waals surface area (Å²) in [4.78, 5) is 11.7. The van der Waals surface area contributed by atoms with E-state index in [0.29, 0.717) is 11.1 Å². The van der Waals surface area contributed by atoms with E-state index in [9.17, 15) is 9.90 Å². The zero-order valence-corrected chi connectivity index (χ0v) is 10.3. The molecule has 0 aromatic heterocycles. The summed E-state index contributed by atoms with van der Waals surface area (Å²) in [6.45, 7) is 1.99. The molecule has 0 bridgehead atoms. The highest BCUT2D eigenvalue weighted by molar-refractivity contribution is 6.01. The number of rotatable bonds is 3. The van der Waals surface area contributed by atoms with Crippen LogP contribution in [0, 0.1) is 0 Å². The molecule has 1 N–H and O–H groups in total. The molecule has 4 nitrogen and oxygen atoms in total. The van der Waals surface area contributed by atoms with Crippen LogP contribution in [-0.2, 0) is 4.74 Å². The maximum Gasteiger partial charge on any atom is 0.341 e. The Morgan fingerprint density at radius 3 is 2.67 bits per heavy atom. The third kappa shape index (κ3) is 2.09. The number of benzene rings is 2. The first-order chi connectivity index (χ1) is 8.67. The monoisotopic (exact) mass is 246 g/mol. The first-order valence-electron chi connectivity index (χ1n) is 5.64. The Kier molecular flexibility index (Phi) is 3.37. The van der Waals surface area contributed by atoms with Gasteiger partial charge in [0.15, 0.2) is 0 Å². The fourth-order valence-corrected chi connectivity index (χ4v) is 1.78. The molecular formula is C14H14O4. The van der Waals surface area contributed by atoms with Gasteiger partial charge in [0.2, 0.25) is 0 Å². The number of hydrogen-bond donors (Lipinski definition) is 1. The van der Waals surface area contributed by atoms with E-state index in [1.54, 1.807) is 38.3 Å². The van der Waals surface area contributed by atoms with Gasteiger partial charge >= 0.3 is 5.97 Å². The first kappa shape index (κ1) is 12.2. The van der Waals surface area contributed by atoms with E-state index in [2.05, 4.69) is 0 Å². The minimum absolute atomic E-state index is 0.0788. The quantitative estimate of drug-likeness (QED) is 0.846. The maximum absolute atomic E-state index is 11.7. The topological polar surface area (TPSA) is 55.8 Å². The van der Waals surface area contributed by atoms with Crippen molar-refractivity contribution in [1.29, 1.82) is 0 Å². The van der Waals surface area contributed by atoms with Gasteiger partial charge in [-0.3, -0.25) is 0 Å². The number of esters is 1. The molecule has 94 valence electrons. The highest BCUT2D eigenvalue weighted by Crippen LogP contribution is 2.31. The van der Waals surface area contributed by atoms with Gasteiger partial charge in [-0.2, -0.15) is 0 Å². The number of ether oxygens (including phenoxy) is 2. The highest BCUT2D eigenvalue weighted by Gasteiger charge is 2.15. The van der Waals surface area contributed by atoms with E-state index in [0.717, 1.165) is 5.39 Å². The van der Waals surface area contributed by atoms with Gasteiger partial charge in [0.05, 0.1) is 13.7 Å². The van der Waals surface area contributed by atoms with Crippen molar-refractivity contribution in [3.8, 4) is 11.5 Å². The van der Waals surface area contributed by atoms with E-state index < -0.39 is 5.97 Å². The smallest absolute Gasteiger partial charge is 0.341 e. The largest absolute Gasteiger partial charge is 0.506 e. The summed E-state index contributed by atoms with van der Waals surface area (Å²) in [5.74, 6) is 0.0170. The zero-order chi connectivity index (χ0) is 13.1. The number of carbonyl (C=O) groups is 1. The van der Waals surface area contributed by atoms with Crippen molar-refractivity contribution in [3.63, 3.8) is 0 Å². The third-order valence-electron chi connectivity index (χ3n) is 2.70. The average Bonchev–Trinajstić information content (AvgIpc) is 2.39. The van der Waals surface area contributed by atoms with Gasteiger partial charge in [-0.1, -0.05) is 12.1 Å². The Morgan fingerprint density at radius 1 is 1.28 bits per heavy atom. The second kappa shape index (κ2) is 4.96. The molecule has 0 aliphatic carbocycles. The predicted molar refractivity (Wildman–Crippen MR) is 68.1 cm³/mol. The van der Waals surface area contributed by atoms with Crippen LogP contribution >= 0.6 is 0 Å². The van der Waals surface area contributed by atoms with Crippen LogP contribution in [0.25, 0.3) is 10.8 Å². The highest BCUT2D eigenvalue weighted by atomic mass is 16.5. The maximum atomic E-state index is 11.7. The fraction of sp³-hybridized carbons (Fsp3) is 0.214. The van der Waals surface area contributed by atoms with Crippen LogP contribution in [0.1, 0.15) is 17.3 Å². The normalized spacial score (nSPS) is 10.3. The molecule has 2 aromatic carbocycles. The van der Waals surface area contributed by atoms with Crippen LogP contribution in [0.5, 0.6) is 11.5 Å². The minimum Gasteiger partial charge on any atom is -0.506 e. The second-order valence-electron chi connectivity index (χ2n) is 3.77. The molecule has 0 atom stereocenters. The van der Waals surface area contributed by atoms with Crippen molar-refractivity contribution >= 4 is 16.7 Å². The number of carbonyl (C=O) groups excluding carboxylic acids is 1. The van der Waals surface area contributed by atoms with E-state index in [4.69, 9.17) is 9.47 Å². The molecule has 0 heterocycles. The van der Waals surface area contributed by atoms with Crippen LogP contribution < -0.4 is 4.74 Å². The molecular weight excluding hydrogens is 232 g/mol. The Balaban J connectivity index is 2.58. The average molecular weight is 246 g/mol. The molecule has 18 heavy (non-hydrogen) atoms. The summed E-state index contributed by atoms with van der Waals surface area (Å²) in [5.41, 5.74) is 0.164. The van der Waals surface area contributed by atoms with Gasteiger partial charge in [0.25, 0.3) is 0 Å².